The molecule has 0 saturated heterocycles. The van der Waals surface area contributed by atoms with E-state index >= 15 is 0 Å². The van der Waals surface area contributed by atoms with Crippen LogP contribution in [0.3, 0.4) is 0 Å². The highest BCUT2D eigenvalue weighted by Crippen LogP contribution is 2.34. The summed E-state index contributed by atoms with van der Waals surface area (Å²) in [5.74, 6) is 0.800. The van der Waals surface area contributed by atoms with Gasteiger partial charge in [-0.1, -0.05) is 13.1 Å². The monoisotopic (exact) mass is 356 g/mol. The Hall–Kier alpha value is -1.64. The van der Waals surface area contributed by atoms with Crippen molar-refractivity contribution in [2.75, 3.05) is 34.9 Å². The number of hydrogen-bond acceptors (Lipinski definition) is 6. The van der Waals surface area contributed by atoms with Crippen LogP contribution in [0.15, 0.2) is 12.1 Å². The van der Waals surface area contributed by atoms with Gasteiger partial charge in [0.1, 0.15) is 8.24 Å². The highest BCUT2D eigenvalue weighted by molar-refractivity contribution is 6.74. The molecular weight excluding hydrogens is 328 g/mol. The Kier molecular flexibility index (Phi) is 7.65. The SMILES string of the molecule is COc1cc(COCCC[Si](C)(C)N(C)C)c([N+](=O)[O-])cc1OC. The summed E-state index contributed by atoms with van der Waals surface area (Å²) in [6, 6.07) is 4.10. The second-order valence-electron chi connectivity index (χ2n) is 6.46. The van der Waals surface area contributed by atoms with Crippen molar-refractivity contribution in [1.82, 2.24) is 4.57 Å². The third-order valence-electron chi connectivity index (χ3n) is 4.33. The highest BCUT2D eigenvalue weighted by atomic mass is 28.3. The van der Waals surface area contributed by atoms with Crippen LogP contribution in [0.25, 0.3) is 0 Å². The normalized spacial score (nSPS) is 11.6. The van der Waals surface area contributed by atoms with Gasteiger partial charge >= 0.3 is 0 Å². The first-order valence-electron chi connectivity index (χ1n) is 7.87. The van der Waals surface area contributed by atoms with E-state index in [1.807, 2.05) is 0 Å². The van der Waals surface area contributed by atoms with Gasteiger partial charge in [0.15, 0.2) is 11.5 Å². The zero-order valence-corrected chi connectivity index (χ0v) is 16.4. The molecule has 0 atom stereocenters. The van der Waals surface area contributed by atoms with Crippen LogP contribution < -0.4 is 9.47 Å². The quantitative estimate of drug-likeness (QED) is 0.277. The first-order valence-corrected chi connectivity index (χ1v) is 11.0. The molecule has 0 aliphatic carbocycles. The number of nitrogens with zero attached hydrogens (tertiary/aromatic N) is 2. The van der Waals surface area contributed by atoms with Crippen LogP contribution in [0.5, 0.6) is 11.5 Å². The second kappa shape index (κ2) is 9.00. The van der Waals surface area contributed by atoms with Crippen LogP contribution in [0.1, 0.15) is 12.0 Å². The molecule has 0 bridgehead atoms. The van der Waals surface area contributed by atoms with Gasteiger partial charge in [0.25, 0.3) is 5.69 Å². The van der Waals surface area contributed by atoms with E-state index in [2.05, 4.69) is 31.8 Å². The van der Waals surface area contributed by atoms with Gasteiger partial charge in [0, 0.05) is 6.61 Å². The Balaban J connectivity index is 2.69. The Morgan fingerprint density at radius 1 is 1.17 bits per heavy atom. The molecule has 0 saturated carbocycles. The predicted octanol–water partition coefficient (Wildman–Crippen LogP) is 3.29. The van der Waals surface area contributed by atoms with E-state index < -0.39 is 13.2 Å². The number of hydrogen-bond donors (Lipinski definition) is 0. The lowest BCUT2D eigenvalue weighted by molar-refractivity contribution is -0.386. The summed E-state index contributed by atoms with van der Waals surface area (Å²) in [7, 11) is 5.82. The molecule has 0 spiro atoms. The van der Waals surface area contributed by atoms with Gasteiger partial charge in [-0.15, -0.1) is 0 Å². The summed E-state index contributed by atoms with van der Waals surface area (Å²) in [6.07, 6.45) is 0.943. The number of methoxy groups -OCH3 is 2. The van der Waals surface area contributed by atoms with Crippen molar-refractivity contribution in [3.8, 4) is 11.5 Å². The standard InChI is InChI=1S/C16H28N2O5Si/c1-17(2)24(5,6)9-7-8-23-12-13-10-15(21-3)16(22-4)11-14(13)18(19)20/h10-11H,7-9,12H2,1-6H3. The average molecular weight is 356 g/mol. The number of nitro groups is 1. The number of nitro benzene ring substituents is 1. The number of benzene rings is 1. The molecule has 0 amide bonds. The molecule has 1 aromatic rings. The summed E-state index contributed by atoms with van der Waals surface area (Å²) in [5.41, 5.74) is 0.470. The number of rotatable bonds is 10. The van der Waals surface area contributed by atoms with Crippen LogP contribution >= 0.6 is 0 Å². The smallest absolute Gasteiger partial charge is 0.278 e. The van der Waals surface area contributed by atoms with Gasteiger partial charge in [-0.3, -0.25) is 10.1 Å². The van der Waals surface area contributed by atoms with Crippen molar-refractivity contribution < 1.29 is 19.1 Å². The van der Waals surface area contributed by atoms with Crippen molar-refractivity contribution in [3.05, 3.63) is 27.8 Å². The fraction of sp³-hybridized carbons (Fsp3) is 0.625. The average Bonchev–Trinajstić information content (AvgIpc) is 2.53. The minimum absolute atomic E-state index is 0.0179. The van der Waals surface area contributed by atoms with Crippen molar-refractivity contribution in [1.29, 1.82) is 0 Å². The summed E-state index contributed by atoms with van der Waals surface area (Å²) in [6.45, 7) is 5.38. The minimum Gasteiger partial charge on any atom is -0.493 e. The summed E-state index contributed by atoms with van der Waals surface area (Å²) < 4.78 is 18.3. The van der Waals surface area contributed by atoms with Gasteiger partial charge in [-0.25, -0.2) is 0 Å². The lowest BCUT2D eigenvalue weighted by Crippen LogP contribution is -2.43. The number of ether oxygens (including phenoxy) is 3. The lowest BCUT2D eigenvalue weighted by Gasteiger charge is -2.30. The van der Waals surface area contributed by atoms with Crippen molar-refractivity contribution >= 4 is 13.9 Å². The Morgan fingerprint density at radius 3 is 2.25 bits per heavy atom. The molecule has 0 aromatic heterocycles. The molecule has 1 rings (SSSR count). The maximum atomic E-state index is 11.2. The molecule has 0 aliphatic heterocycles. The van der Waals surface area contributed by atoms with E-state index in [-0.39, 0.29) is 12.3 Å². The van der Waals surface area contributed by atoms with E-state index in [0.29, 0.717) is 23.7 Å². The third kappa shape index (κ3) is 5.47. The van der Waals surface area contributed by atoms with Crippen LogP contribution in [0, 0.1) is 10.1 Å². The molecule has 0 fully saturated rings. The lowest BCUT2D eigenvalue weighted by atomic mass is 10.1. The zero-order valence-electron chi connectivity index (χ0n) is 15.4. The topological polar surface area (TPSA) is 74.1 Å². The molecule has 7 nitrogen and oxygen atoms in total. The molecular formula is C16H28N2O5Si. The Bertz CT molecular complexity index is 564. The second-order valence-corrected chi connectivity index (χ2v) is 11.5. The van der Waals surface area contributed by atoms with Crippen LogP contribution in [0.4, 0.5) is 5.69 Å². The zero-order chi connectivity index (χ0) is 18.3. The molecule has 0 heterocycles. The van der Waals surface area contributed by atoms with Crippen LogP contribution in [-0.4, -0.2) is 52.6 Å². The van der Waals surface area contributed by atoms with Gasteiger partial charge in [0.05, 0.1) is 37.4 Å². The van der Waals surface area contributed by atoms with Crippen molar-refractivity contribution in [2.24, 2.45) is 0 Å². The molecule has 8 heteroatoms. The first kappa shape index (κ1) is 20.4. The predicted molar refractivity (Wildman–Crippen MR) is 96.4 cm³/mol. The van der Waals surface area contributed by atoms with E-state index in [0.717, 1.165) is 12.5 Å². The molecule has 0 unspecified atom stereocenters. The molecule has 1 aromatic carbocycles. The molecule has 136 valence electrons. The molecule has 24 heavy (non-hydrogen) atoms. The summed E-state index contributed by atoms with van der Waals surface area (Å²) in [5, 5.41) is 11.2. The van der Waals surface area contributed by atoms with Gasteiger partial charge in [0.2, 0.25) is 0 Å². The molecule has 0 radical (unpaired) electrons. The van der Waals surface area contributed by atoms with E-state index in [4.69, 9.17) is 14.2 Å². The van der Waals surface area contributed by atoms with E-state index in [1.165, 1.54) is 20.3 Å². The summed E-state index contributed by atoms with van der Waals surface area (Å²) in [4.78, 5) is 10.8. The maximum absolute atomic E-state index is 11.2. The minimum atomic E-state index is -1.36. The van der Waals surface area contributed by atoms with Crippen molar-refractivity contribution in [2.45, 2.75) is 32.2 Å². The molecule has 0 N–H and O–H groups in total. The first-order chi connectivity index (χ1) is 11.2. The largest absolute Gasteiger partial charge is 0.493 e. The highest BCUT2D eigenvalue weighted by Gasteiger charge is 2.23. The fourth-order valence-corrected chi connectivity index (χ4v) is 3.67. The van der Waals surface area contributed by atoms with E-state index in [1.54, 1.807) is 6.07 Å². The van der Waals surface area contributed by atoms with Crippen molar-refractivity contribution in [3.63, 3.8) is 0 Å². The van der Waals surface area contributed by atoms with Gasteiger partial charge < -0.3 is 18.8 Å². The Morgan fingerprint density at radius 2 is 1.75 bits per heavy atom. The summed E-state index contributed by atoms with van der Waals surface area (Å²) >= 11 is 0. The van der Waals surface area contributed by atoms with Gasteiger partial charge in [-0.2, -0.15) is 0 Å². The Labute approximate surface area is 144 Å². The van der Waals surface area contributed by atoms with Crippen LogP contribution in [0.2, 0.25) is 19.1 Å². The third-order valence-corrected chi connectivity index (χ3v) is 8.33. The van der Waals surface area contributed by atoms with E-state index in [9.17, 15) is 10.1 Å². The maximum Gasteiger partial charge on any atom is 0.278 e. The van der Waals surface area contributed by atoms with Gasteiger partial charge in [-0.05, 0) is 32.6 Å². The van der Waals surface area contributed by atoms with Crippen LogP contribution in [-0.2, 0) is 11.3 Å². The fourth-order valence-electron chi connectivity index (χ4n) is 2.21. The molecule has 0 aliphatic rings.